The lowest BCUT2D eigenvalue weighted by atomic mass is 10.0. The van der Waals surface area contributed by atoms with Gasteiger partial charge in [0, 0.05) is 5.56 Å². The van der Waals surface area contributed by atoms with Gasteiger partial charge in [0.25, 0.3) is 5.91 Å². The Labute approximate surface area is 143 Å². The van der Waals surface area contributed by atoms with Gasteiger partial charge in [-0.05, 0) is 62.2 Å². The highest BCUT2D eigenvalue weighted by molar-refractivity contribution is 5.94. The lowest BCUT2D eigenvalue weighted by Crippen LogP contribution is -2.28. The number of hydrogen-bond acceptors (Lipinski definition) is 3. The fourth-order valence-electron chi connectivity index (χ4n) is 2.46. The van der Waals surface area contributed by atoms with Crippen LogP contribution in [-0.2, 0) is 0 Å². The molecular formula is C20H25NO3. The Morgan fingerprint density at radius 3 is 2.08 bits per heavy atom. The molecule has 128 valence electrons. The molecule has 1 N–H and O–H groups in total. The number of amides is 1. The Bertz CT molecular complexity index is 648. The van der Waals surface area contributed by atoms with Crippen molar-refractivity contribution in [1.82, 2.24) is 5.32 Å². The van der Waals surface area contributed by atoms with E-state index in [0.717, 1.165) is 23.5 Å². The van der Waals surface area contributed by atoms with Crippen LogP contribution < -0.4 is 14.8 Å². The van der Waals surface area contributed by atoms with E-state index in [4.69, 9.17) is 9.47 Å². The summed E-state index contributed by atoms with van der Waals surface area (Å²) in [6.45, 7) is 6.00. The molecule has 24 heavy (non-hydrogen) atoms. The van der Waals surface area contributed by atoms with Crippen LogP contribution >= 0.6 is 0 Å². The molecule has 0 heterocycles. The van der Waals surface area contributed by atoms with Gasteiger partial charge < -0.3 is 14.8 Å². The van der Waals surface area contributed by atoms with Crippen molar-refractivity contribution in [3.8, 4) is 11.5 Å². The minimum Gasteiger partial charge on any atom is -0.497 e. The van der Waals surface area contributed by atoms with E-state index in [-0.39, 0.29) is 18.1 Å². The smallest absolute Gasteiger partial charge is 0.251 e. The molecular weight excluding hydrogens is 302 g/mol. The van der Waals surface area contributed by atoms with Crippen LogP contribution in [0.4, 0.5) is 0 Å². The molecule has 2 aromatic carbocycles. The minimum atomic E-state index is -0.0891. The van der Waals surface area contributed by atoms with Gasteiger partial charge in [0.2, 0.25) is 0 Å². The van der Waals surface area contributed by atoms with E-state index in [1.165, 1.54) is 0 Å². The zero-order valence-electron chi connectivity index (χ0n) is 14.7. The molecule has 0 aliphatic rings. The first-order valence-corrected chi connectivity index (χ1v) is 8.25. The molecule has 0 radical (unpaired) electrons. The number of nitrogens with one attached hydrogen (secondary N) is 1. The first-order chi connectivity index (χ1) is 11.5. The predicted molar refractivity (Wildman–Crippen MR) is 95.7 cm³/mol. The van der Waals surface area contributed by atoms with Gasteiger partial charge >= 0.3 is 0 Å². The molecule has 4 heteroatoms. The van der Waals surface area contributed by atoms with Gasteiger partial charge in [-0.25, -0.2) is 0 Å². The SMILES string of the molecule is CCC(NC(=O)c1ccc(OC(C)C)cc1)c1ccc(OC)cc1. The van der Waals surface area contributed by atoms with Crippen molar-refractivity contribution in [1.29, 1.82) is 0 Å². The molecule has 0 fully saturated rings. The Hall–Kier alpha value is -2.49. The summed E-state index contributed by atoms with van der Waals surface area (Å²) in [5.74, 6) is 1.48. The number of methoxy groups -OCH3 is 1. The van der Waals surface area contributed by atoms with Crippen LogP contribution in [0.2, 0.25) is 0 Å². The van der Waals surface area contributed by atoms with Crippen LogP contribution in [0.5, 0.6) is 11.5 Å². The van der Waals surface area contributed by atoms with E-state index in [1.807, 2.05) is 50.2 Å². The maximum Gasteiger partial charge on any atom is 0.251 e. The fourth-order valence-corrected chi connectivity index (χ4v) is 2.46. The van der Waals surface area contributed by atoms with Gasteiger partial charge in [-0.2, -0.15) is 0 Å². The fraction of sp³-hybridized carbons (Fsp3) is 0.350. The van der Waals surface area contributed by atoms with E-state index in [1.54, 1.807) is 19.2 Å². The van der Waals surface area contributed by atoms with Gasteiger partial charge in [0.15, 0.2) is 0 Å². The quantitative estimate of drug-likeness (QED) is 0.822. The molecule has 0 saturated carbocycles. The van der Waals surface area contributed by atoms with Crippen molar-refractivity contribution >= 4 is 5.91 Å². The average Bonchev–Trinajstić information content (AvgIpc) is 2.59. The van der Waals surface area contributed by atoms with Crippen molar-refractivity contribution in [2.24, 2.45) is 0 Å². The summed E-state index contributed by atoms with van der Waals surface area (Å²) in [5.41, 5.74) is 1.68. The lowest BCUT2D eigenvalue weighted by Gasteiger charge is -2.18. The van der Waals surface area contributed by atoms with E-state index in [9.17, 15) is 4.79 Å². The summed E-state index contributed by atoms with van der Waals surface area (Å²) in [7, 11) is 1.64. The Kier molecular flexibility index (Phi) is 6.24. The molecule has 0 bridgehead atoms. The summed E-state index contributed by atoms with van der Waals surface area (Å²) in [5, 5.41) is 3.08. The van der Waals surface area contributed by atoms with Crippen LogP contribution in [0.3, 0.4) is 0 Å². The molecule has 0 spiro atoms. The largest absolute Gasteiger partial charge is 0.497 e. The summed E-state index contributed by atoms with van der Waals surface area (Å²) >= 11 is 0. The van der Waals surface area contributed by atoms with E-state index >= 15 is 0 Å². The molecule has 1 unspecified atom stereocenters. The average molecular weight is 327 g/mol. The molecule has 2 rings (SSSR count). The van der Waals surface area contributed by atoms with Crippen LogP contribution in [0.25, 0.3) is 0 Å². The number of carbonyl (C=O) groups excluding carboxylic acids is 1. The molecule has 4 nitrogen and oxygen atoms in total. The predicted octanol–water partition coefficient (Wildman–Crippen LogP) is 4.36. The number of rotatable bonds is 7. The van der Waals surface area contributed by atoms with Crippen molar-refractivity contribution in [3.63, 3.8) is 0 Å². The van der Waals surface area contributed by atoms with Crippen LogP contribution in [-0.4, -0.2) is 19.1 Å². The summed E-state index contributed by atoms with van der Waals surface area (Å²) in [4.78, 5) is 12.5. The number of ether oxygens (including phenoxy) is 2. The van der Waals surface area contributed by atoms with Gasteiger partial charge in [-0.1, -0.05) is 19.1 Å². The Morgan fingerprint density at radius 1 is 1.00 bits per heavy atom. The maximum atomic E-state index is 12.5. The zero-order chi connectivity index (χ0) is 17.5. The second-order valence-corrected chi connectivity index (χ2v) is 5.90. The lowest BCUT2D eigenvalue weighted by molar-refractivity contribution is 0.0935. The van der Waals surface area contributed by atoms with Gasteiger partial charge in [-0.15, -0.1) is 0 Å². The molecule has 0 aromatic heterocycles. The van der Waals surface area contributed by atoms with Gasteiger partial charge in [0.05, 0.1) is 19.3 Å². The number of benzene rings is 2. The zero-order valence-corrected chi connectivity index (χ0v) is 14.7. The summed E-state index contributed by atoms with van der Waals surface area (Å²) in [6.07, 6.45) is 0.927. The molecule has 1 amide bonds. The van der Waals surface area contributed by atoms with Crippen LogP contribution in [0.1, 0.15) is 49.2 Å². The third kappa shape index (κ3) is 4.75. The highest BCUT2D eigenvalue weighted by Gasteiger charge is 2.14. The Balaban J connectivity index is 2.05. The standard InChI is InChI=1S/C20H25NO3/c1-5-19(15-6-10-17(23-4)11-7-15)21-20(22)16-8-12-18(13-9-16)24-14(2)3/h6-14,19H,5H2,1-4H3,(H,21,22). The van der Waals surface area contributed by atoms with Crippen molar-refractivity contribution < 1.29 is 14.3 Å². The normalized spacial score (nSPS) is 11.9. The van der Waals surface area contributed by atoms with E-state index < -0.39 is 0 Å². The molecule has 0 saturated heterocycles. The summed E-state index contributed by atoms with van der Waals surface area (Å²) in [6, 6.07) is 15.0. The number of hydrogen-bond donors (Lipinski definition) is 1. The second-order valence-electron chi connectivity index (χ2n) is 5.90. The topological polar surface area (TPSA) is 47.6 Å². The monoisotopic (exact) mass is 327 g/mol. The van der Waals surface area contributed by atoms with E-state index in [2.05, 4.69) is 12.2 Å². The van der Waals surface area contributed by atoms with Crippen molar-refractivity contribution in [2.75, 3.05) is 7.11 Å². The molecule has 0 aliphatic heterocycles. The Morgan fingerprint density at radius 2 is 1.58 bits per heavy atom. The number of carbonyl (C=O) groups is 1. The van der Waals surface area contributed by atoms with Gasteiger partial charge in [-0.3, -0.25) is 4.79 Å². The summed E-state index contributed by atoms with van der Waals surface area (Å²) < 4.78 is 10.8. The van der Waals surface area contributed by atoms with Gasteiger partial charge in [0.1, 0.15) is 11.5 Å². The first kappa shape index (κ1) is 17.9. The third-order valence-electron chi connectivity index (χ3n) is 3.72. The van der Waals surface area contributed by atoms with Crippen LogP contribution in [0.15, 0.2) is 48.5 Å². The van der Waals surface area contributed by atoms with Crippen molar-refractivity contribution in [3.05, 3.63) is 59.7 Å². The first-order valence-electron chi connectivity index (χ1n) is 8.25. The highest BCUT2D eigenvalue weighted by atomic mass is 16.5. The van der Waals surface area contributed by atoms with Crippen molar-refractivity contribution in [2.45, 2.75) is 39.3 Å². The third-order valence-corrected chi connectivity index (χ3v) is 3.72. The van der Waals surface area contributed by atoms with E-state index in [0.29, 0.717) is 5.56 Å². The highest BCUT2D eigenvalue weighted by Crippen LogP contribution is 2.21. The molecule has 0 aliphatic carbocycles. The molecule has 2 aromatic rings. The maximum absolute atomic E-state index is 12.5. The molecule has 1 atom stereocenters. The van der Waals surface area contributed by atoms with Crippen LogP contribution in [0, 0.1) is 0 Å². The minimum absolute atomic E-state index is 0.0324. The second kappa shape index (κ2) is 8.39.